The van der Waals surface area contributed by atoms with E-state index in [1.807, 2.05) is 32.9 Å². The lowest BCUT2D eigenvalue weighted by Crippen LogP contribution is -2.48. The smallest absolute Gasteiger partial charge is 0.427 e. The van der Waals surface area contributed by atoms with Crippen LogP contribution >= 0.6 is 0 Å². The highest BCUT2D eigenvalue weighted by Crippen LogP contribution is 2.57. The number of ether oxygens (including phenoxy) is 3. The molecule has 3 heterocycles. The summed E-state index contributed by atoms with van der Waals surface area (Å²) in [5, 5.41) is -0.667. The van der Waals surface area contributed by atoms with Crippen molar-refractivity contribution in [3.05, 3.63) is 36.0 Å². The number of ketones is 1. The van der Waals surface area contributed by atoms with Gasteiger partial charge >= 0.3 is 12.1 Å². The number of amides is 2. The molecular weight excluding hydrogens is 794 g/mol. The minimum absolute atomic E-state index is 0.0217. The third-order valence-corrected chi connectivity index (χ3v) is 14.1. The maximum absolute atomic E-state index is 15.0. The van der Waals surface area contributed by atoms with Gasteiger partial charge in [-0.05, 0) is 96.1 Å². The number of aryl methyl sites for hydroxylation is 1. The van der Waals surface area contributed by atoms with Gasteiger partial charge in [-0.3, -0.25) is 23.9 Å². The number of aromatic nitrogens is 2. The summed E-state index contributed by atoms with van der Waals surface area (Å²) >= 11 is 0. The van der Waals surface area contributed by atoms with E-state index in [0.29, 0.717) is 67.6 Å². The van der Waals surface area contributed by atoms with E-state index in [0.717, 1.165) is 13.8 Å². The number of hydrogen-bond acceptors (Lipinski definition) is 11. The first-order valence-corrected chi connectivity index (χ1v) is 22.1. The lowest BCUT2D eigenvalue weighted by atomic mass is 9.79. The second kappa shape index (κ2) is 17.0. The van der Waals surface area contributed by atoms with Crippen molar-refractivity contribution in [1.82, 2.24) is 19.6 Å². The van der Waals surface area contributed by atoms with Crippen molar-refractivity contribution in [3.63, 3.8) is 0 Å². The molecule has 2 amide bonds. The van der Waals surface area contributed by atoms with Gasteiger partial charge in [0.05, 0.1) is 53.2 Å². The molecule has 0 unspecified atom stereocenters. The predicted octanol–water partition coefficient (Wildman–Crippen LogP) is 6.55. The number of nitrogens with one attached hydrogen (secondary N) is 1. The van der Waals surface area contributed by atoms with Gasteiger partial charge in [-0.15, -0.1) is 0 Å². The normalized spacial score (nSPS) is 28.8. The molecule has 0 spiro atoms. The van der Waals surface area contributed by atoms with Crippen LogP contribution in [0.15, 0.2) is 30.4 Å². The Morgan fingerprint density at radius 1 is 1.05 bits per heavy atom. The molecule has 1 saturated heterocycles. The zero-order valence-corrected chi connectivity index (χ0v) is 35.3. The summed E-state index contributed by atoms with van der Waals surface area (Å²) in [6.45, 7) is 9.18. The van der Waals surface area contributed by atoms with Crippen molar-refractivity contribution < 1.29 is 55.0 Å². The maximum atomic E-state index is 15.0. The van der Waals surface area contributed by atoms with Crippen LogP contribution in [0.1, 0.15) is 105 Å². The average Bonchev–Trinajstić information content (AvgIpc) is 4.08. The molecule has 2 aliphatic heterocycles. The number of carbonyl (C=O) groups excluding carboxylic acids is 4. The van der Waals surface area contributed by atoms with E-state index in [-0.39, 0.29) is 37.6 Å². The Bertz CT molecular complexity index is 2090. The Kier molecular flexibility index (Phi) is 12.8. The molecule has 4 aliphatic rings. The van der Waals surface area contributed by atoms with Gasteiger partial charge in [-0.1, -0.05) is 32.4 Å². The van der Waals surface area contributed by atoms with Gasteiger partial charge in [0.25, 0.3) is 0 Å². The summed E-state index contributed by atoms with van der Waals surface area (Å²) in [6.07, 6.45) is 0.281. The maximum Gasteiger partial charge on any atom is 0.427 e. The fraction of sp³-hybridized carbons (Fsp3) is 0.667. The number of sulfonamides is 1. The van der Waals surface area contributed by atoms with Gasteiger partial charge in [0, 0.05) is 18.9 Å². The highest BCUT2D eigenvalue weighted by molar-refractivity contribution is 7.90. The number of hydrogen-bond donors (Lipinski definition) is 1. The molecule has 7 atom stereocenters. The summed E-state index contributed by atoms with van der Waals surface area (Å²) in [5.74, 6) is -4.36. The van der Waals surface area contributed by atoms with Crippen LogP contribution in [0.3, 0.4) is 0 Å². The van der Waals surface area contributed by atoms with E-state index in [4.69, 9.17) is 14.2 Å². The minimum atomic E-state index is -4.87. The molecule has 2 aliphatic carbocycles. The summed E-state index contributed by atoms with van der Waals surface area (Å²) < 4.78 is 86.6. The fourth-order valence-corrected chi connectivity index (χ4v) is 9.82. The van der Waals surface area contributed by atoms with Gasteiger partial charge < -0.3 is 19.1 Å². The third kappa shape index (κ3) is 9.86. The van der Waals surface area contributed by atoms with Crippen molar-refractivity contribution in [2.75, 3.05) is 13.2 Å². The number of carbonyl (C=O) groups is 4. The summed E-state index contributed by atoms with van der Waals surface area (Å²) in [4.78, 5) is 67.5. The Morgan fingerprint density at radius 3 is 2.44 bits per heavy atom. The molecule has 324 valence electrons. The second-order valence-electron chi connectivity index (χ2n) is 17.3. The number of halogens is 3. The van der Waals surface area contributed by atoms with Crippen LogP contribution in [0.25, 0.3) is 11.0 Å². The molecular formula is C42H55F3N4O9S. The Hall–Kier alpha value is -4.28. The van der Waals surface area contributed by atoms with E-state index in [1.54, 1.807) is 25.1 Å². The van der Waals surface area contributed by atoms with Gasteiger partial charge in [-0.2, -0.15) is 13.2 Å². The minimum Gasteiger partial charge on any atom is -0.494 e. The van der Waals surface area contributed by atoms with Crippen LogP contribution in [0.4, 0.5) is 13.2 Å². The van der Waals surface area contributed by atoms with Crippen molar-refractivity contribution in [1.29, 1.82) is 0 Å². The standard InChI is InChI=1S/C42H55F3N4O9S/c1-7-26-17-24(3)11-9-10-12-27-21-41(27,39(53)48-59(54,55)30-14-15-30)22-35(50)34-19-29(57-37-25(4)46-32-16-13-28(56-8-2)18-33(32)47-37)23-49(34)38(52)31(26)20-36(51)58-40(5,6)42(43,44)45/h10,12-13,16,18,24,26-27,29-31,34H,7-9,11,14-15,17,19-23H2,1-6H3,(H,48,53)/b12-10-/t24-,26-,27-,29-,31+,34+,41-/m1/s1. The first-order valence-electron chi connectivity index (χ1n) is 20.6. The number of benzene rings is 1. The third-order valence-electron chi connectivity index (χ3n) is 12.3. The molecule has 0 bridgehead atoms. The Labute approximate surface area is 343 Å². The van der Waals surface area contributed by atoms with Crippen LogP contribution in [0, 0.1) is 36.0 Å². The summed E-state index contributed by atoms with van der Waals surface area (Å²) in [7, 11) is -3.94. The van der Waals surface area contributed by atoms with Crippen molar-refractivity contribution in [2.24, 2.45) is 29.1 Å². The number of Topliss-reactive ketones (excluding diaryl/α,β-unsaturated/α-hetero) is 1. The molecule has 2 aromatic rings. The largest absolute Gasteiger partial charge is 0.494 e. The van der Waals surface area contributed by atoms with Crippen LogP contribution in [0.5, 0.6) is 11.6 Å². The number of rotatable bonds is 11. The number of fused-ring (bicyclic) bond motifs is 3. The predicted molar refractivity (Wildman–Crippen MR) is 210 cm³/mol. The summed E-state index contributed by atoms with van der Waals surface area (Å²) in [5.41, 5.74) is -2.67. The zero-order valence-electron chi connectivity index (χ0n) is 34.5. The van der Waals surface area contributed by atoms with E-state index < -0.39 is 92.4 Å². The molecule has 1 aromatic carbocycles. The zero-order chi connectivity index (χ0) is 43.1. The first kappa shape index (κ1) is 44.3. The Balaban J connectivity index is 1.36. The van der Waals surface area contributed by atoms with Gasteiger partial charge in [0.2, 0.25) is 33.3 Å². The molecule has 1 aromatic heterocycles. The fourth-order valence-electron chi connectivity index (χ4n) is 8.44. The van der Waals surface area contributed by atoms with Crippen LogP contribution in [0.2, 0.25) is 0 Å². The number of esters is 1. The molecule has 2 saturated carbocycles. The van der Waals surface area contributed by atoms with Crippen molar-refractivity contribution >= 4 is 44.6 Å². The molecule has 3 fully saturated rings. The number of nitrogens with zero attached hydrogens (tertiary/aromatic N) is 3. The highest BCUT2D eigenvalue weighted by atomic mass is 32.2. The molecule has 6 rings (SSSR count). The van der Waals surface area contributed by atoms with Crippen molar-refractivity contribution in [3.8, 4) is 11.6 Å². The highest BCUT2D eigenvalue weighted by Gasteiger charge is 2.62. The van der Waals surface area contributed by atoms with E-state index >= 15 is 0 Å². The number of allylic oxidation sites excluding steroid dienone is 2. The van der Waals surface area contributed by atoms with Crippen LogP contribution in [-0.4, -0.2) is 89.2 Å². The van der Waals surface area contributed by atoms with Crippen LogP contribution < -0.4 is 14.2 Å². The van der Waals surface area contributed by atoms with Crippen molar-refractivity contribution in [2.45, 2.75) is 135 Å². The Morgan fingerprint density at radius 2 is 1.78 bits per heavy atom. The lowest BCUT2D eigenvalue weighted by Gasteiger charge is -2.34. The van der Waals surface area contributed by atoms with Crippen LogP contribution in [-0.2, 0) is 33.9 Å². The molecule has 0 radical (unpaired) electrons. The lowest BCUT2D eigenvalue weighted by molar-refractivity contribution is -0.257. The molecule has 13 nitrogen and oxygen atoms in total. The monoisotopic (exact) mass is 848 g/mol. The topological polar surface area (TPSA) is 171 Å². The second-order valence-corrected chi connectivity index (χ2v) is 19.2. The molecule has 1 N–H and O–H groups in total. The molecule has 59 heavy (non-hydrogen) atoms. The average molecular weight is 849 g/mol. The van der Waals surface area contributed by atoms with Gasteiger partial charge in [-0.25, -0.2) is 18.4 Å². The van der Waals surface area contributed by atoms with E-state index in [9.17, 15) is 40.8 Å². The SMILES string of the molecule is CCOc1ccc2nc(C)c(O[C@@H]3C[C@H]4C(=O)C[C@]5(C(=O)NS(=O)(=O)C6CC6)C[C@H]5/C=C\CC[C@@H](C)C[C@@H](CC)[C@H](CC(=O)OC(C)(C)C(F)(F)F)C(=O)N4C3)nc2c1. The summed E-state index contributed by atoms with van der Waals surface area (Å²) in [6, 6.07) is 4.08. The first-order chi connectivity index (χ1) is 27.7. The van der Waals surface area contributed by atoms with E-state index in [2.05, 4.69) is 14.7 Å². The van der Waals surface area contributed by atoms with Gasteiger partial charge in [0.15, 0.2) is 5.78 Å². The van der Waals surface area contributed by atoms with E-state index in [1.165, 1.54) is 4.90 Å². The van der Waals surface area contributed by atoms with Gasteiger partial charge in [0.1, 0.15) is 17.5 Å². The quantitative estimate of drug-likeness (QED) is 0.192. The number of alkyl halides is 3. The molecule has 17 heteroatoms.